The molecular formula is C58H37NS2. The molecule has 0 aliphatic heterocycles. The number of hydrogen-bond donors (Lipinski definition) is 0. The Hall–Kier alpha value is -7.30. The number of benzene rings is 10. The Kier molecular flexibility index (Phi) is 8.62. The van der Waals surface area contributed by atoms with E-state index in [0.29, 0.717) is 0 Å². The summed E-state index contributed by atoms with van der Waals surface area (Å²) in [5.74, 6) is 0. The fraction of sp³-hybridized carbons (Fsp3) is 0. The molecule has 0 radical (unpaired) electrons. The standard InChI is InChI=1S/C58H37NS2/c1-4-12-38(13-5-1)45-24-29-50-51-31-28-48(37-56(51)60-54(50)35-45)59(47-26-22-41(23-27-47)44-21-20-40-16-10-11-19-43(40)34-44)53-33-32-49(42-17-8-3-9-18-42)58-57(53)52-30-25-46(36-55(52)61-58)39-14-6-2-7-15-39/h1-37H. The van der Waals surface area contributed by atoms with Gasteiger partial charge in [-0.3, -0.25) is 0 Å². The van der Waals surface area contributed by atoms with Crippen LogP contribution in [0.4, 0.5) is 17.1 Å². The quantitative estimate of drug-likeness (QED) is 0.155. The van der Waals surface area contributed by atoms with E-state index >= 15 is 0 Å². The zero-order chi connectivity index (χ0) is 40.3. The van der Waals surface area contributed by atoms with Crippen LogP contribution in [0.1, 0.15) is 0 Å². The van der Waals surface area contributed by atoms with E-state index in [1.807, 2.05) is 22.7 Å². The van der Waals surface area contributed by atoms with E-state index < -0.39 is 0 Å². The lowest BCUT2D eigenvalue weighted by Crippen LogP contribution is -2.10. The first-order chi connectivity index (χ1) is 30.2. The van der Waals surface area contributed by atoms with Gasteiger partial charge in [-0.1, -0.05) is 176 Å². The van der Waals surface area contributed by atoms with E-state index in [9.17, 15) is 0 Å². The Bertz CT molecular complexity index is 3570. The number of fused-ring (bicyclic) bond motifs is 7. The van der Waals surface area contributed by atoms with Gasteiger partial charge < -0.3 is 4.90 Å². The van der Waals surface area contributed by atoms with Crippen LogP contribution in [0.3, 0.4) is 0 Å². The SMILES string of the molecule is c1ccc(-c2ccc3c(c2)sc2cc(N(c4ccc(-c5ccc6ccccc6c5)cc4)c4ccc(-c5ccccc5)c5sc6cc(-c7ccccc7)ccc6c45)ccc23)cc1. The lowest BCUT2D eigenvalue weighted by atomic mass is 9.98. The third-order valence-electron chi connectivity index (χ3n) is 12.1. The molecule has 2 heterocycles. The maximum absolute atomic E-state index is 2.48. The van der Waals surface area contributed by atoms with Gasteiger partial charge in [-0.25, -0.2) is 0 Å². The minimum Gasteiger partial charge on any atom is -0.310 e. The maximum Gasteiger partial charge on any atom is 0.0555 e. The van der Waals surface area contributed by atoms with Crippen molar-refractivity contribution in [2.24, 2.45) is 0 Å². The molecule has 0 bridgehead atoms. The van der Waals surface area contributed by atoms with Crippen molar-refractivity contribution in [3.63, 3.8) is 0 Å². The van der Waals surface area contributed by atoms with Crippen molar-refractivity contribution in [1.29, 1.82) is 0 Å². The van der Waals surface area contributed by atoms with Crippen LogP contribution < -0.4 is 4.90 Å². The fourth-order valence-electron chi connectivity index (χ4n) is 9.02. The number of anilines is 3. The Morgan fingerprint density at radius 1 is 0.295 bits per heavy atom. The van der Waals surface area contributed by atoms with Crippen LogP contribution in [-0.4, -0.2) is 0 Å². The van der Waals surface area contributed by atoms with Crippen LogP contribution >= 0.6 is 22.7 Å². The number of hydrogen-bond acceptors (Lipinski definition) is 3. The molecule has 286 valence electrons. The van der Waals surface area contributed by atoms with Crippen LogP contribution in [0.15, 0.2) is 224 Å². The molecule has 1 nitrogen and oxygen atoms in total. The molecule has 0 unspecified atom stereocenters. The molecule has 61 heavy (non-hydrogen) atoms. The summed E-state index contributed by atoms with van der Waals surface area (Å²) >= 11 is 3.77. The highest BCUT2D eigenvalue weighted by Crippen LogP contribution is 2.50. The maximum atomic E-state index is 2.48. The van der Waals surface area contributed by atoms with Crippen LogP contribution in [0.25, 0.3) is 95.6 Å². The van der Waals surface area contributed by atoms with Crippen molar-refractivity contribution < 1.29 is 0 Å². The van der Waals surface area contributed by atoms with Gasteiger partial charge in [0, 0.05) is 51.7 Å². The number of nitrogens with zero attached hydrogens (tertiary/aromatic N) is 1. The van der Waals surface area contributed by atoms with Gasteiger partial charge in [-0.05, 0) is 104 Å². The van der Waals surface area contributed by atoms with Crippen molar-refractivity contribution in [3.8, 4) is 44.5 Å². The molecule has 0 spiro atoms. The molecule has 0 aliphatic rings. The van der Waals surface area contributed by atoms with Gasteiger partial charge in [-0.15, -0.1) is 22.7 Å². The third kappa shape index (κ3) is 6.29. The zero-order valence-electron chi connectivity index (χ0n) is 33.1. The number of rotatable bonds is 7. The van der Waals surface area contributed by atoms with Crippen molar-refractivity contribution in [2.45, 2.75) is 0 Å². The Balaban J connectivity index is 1.07. The predicted octanol–water partition coefficient (Wildman–Crippen LogP) is 17.7. The van der Waals surface area contributed by atoms with Crippen LogP contribution in [0.5, 0.6) is 0 Å². The van der Waals surface area contributed by atoms with Crippen molar-refractivity contribution in [3.05, 3.63) is 224 Å². The van der Waals surface area contributed by atoms with E-state index in [-0.39, 0.29) is 0 Å². The summed E-state index contributed by atoms with van der Waals surface area (Å²) in [5.41, 5.74) is 13.2. The summed E-state index contributed by atoms with van der Waals surface area (Å²) in [6.45, 7) is 0. The van der Waals surface area contributed by atoms with Crippen LogP contribution in [0, 0.1) is 0 Å². The Morgan fingerprint density at radius 3 is 1.48 bits per heavy atom. The molecule has 0 amide bonds. The van der Waals surface area contributed by atoms with Crippen LogP contribution in [-0.2, 0) is 0 Å². The molecule has 12 rings (SSSR count). The summed E-state index contributed by atoms with van der Waals surface area (Å²) in [5, 5.41) is 7.62. The fourth-order valence-corrected chi connectivity index (χ4v) is 11.5. The first-order valence-electron chi connectivity index (χ1n) is 20.7. The average Bonchev–Trinajstić information content (AvgIpc) is 3.90. The summed E-state index contributed by atoms with van der Waals surface area (Å²) in [7, 11) is 0. The lowest BCUT2D eigenvalue weighted by Gasteiger charge is -2.27. The lowest BCUT2D eigenvalue weighted by molar-refractivity contribution is 1.31. The van der Waals surface area contributed by atoms with Crippen molar-refractivity contribution in [1.82, 2.24) is 0 Å². The largest absolute Gasteiger partial charge is 0.310 e. The van der Waals surface area contributed by atoms with Gasteiger partial charge in [0.15, 0.2) is 0 Å². The van der Waals surface area contributed by atoms with Gasteiger partial charge in [0.1, 0.15) is 0 Å². The summed E-state index contributed by atoms with van der Waals surface area (Å²) in [4.78, 5) is 2.48. The second-order valence-corrected chi connectivity index (χ2v) is 17.8. The molecule has 0 atom stereocenters. The zero-order valence-corrected chi connectivity index (χ0v) is 34.8. The Labute approximate surface area is 362 Å². The van der Waals surface area contributed by atoms with Gasteiger partial charge >= 0.3 is 0 Å². The molecule has 0 N–H and O–H groups in total. The summed E-state index contributed by atoms with van der Waals surface area (Å²) in [6, 6.07) is 82.4. The molecule has 0 saturated heterocycles. The summed E-state index contributed by atoms with van der Waals surface area (Å²) in [6.07, 6.45) is 0. The molecular weight excluding hydrogens is 775 g/mol. The Morgan fingerprint density at radius 2 is 0.787 bits per heavy atom. The molecule has 0 saturated carbocycles. The third-order valence-corrected chi connectivity index (χ3v) is 14.4. The van der Waals surface area contributed by atoms with Gasteiger partial charge in [0.2, 0.25) is 0 Å². The predicted molar refractivity (Wildman–Crippen MR) is 266 cm³/mol. The topological polar surface area (TPSA) is 3.24 Å². The normalized spacial score (nSPS) is 11.6. The van der Waals surface area contributed by atoms with E-state index in [1.165, 1.54) is 101 Å². The molecule has 0 aliphatic carbocycles. The van der Waals surface area contributed by atoms with Crippen molar-refractivity contribution >= 4 is 90.9 Å². The average molecular weight is 812 g/mol. The van der Waals surface area contributed by atoms with Gasteiger partial charge in [0.25, 0.3) is 0 Å². The van der Waals surface area contributed by atoms with Gasteiger partial charge in [0.05, 0.1) is 5.69 Å². The second-order valence-electron chi connectivity index (χ2n) is 15.7. The number of thiophene rings is 2. The summed E-state index contributed by atoms with van der Waals surface area (Å²) < 4.78 is 5.14. The molecule has 12 aromatic rings. The highest BCUT2D eigenvalue weighted by atomic mass is 32.1. The van der Waals surface area contributed by atoms with E-state index in [4.69, 9.17) is 0 Å². The minimum absolute atomic E-state index is 1.12. The second kappa shape index (κ2) is 14.8. The first-order valence-corrected chi connectivity index (χ1v) is 22.4. The molecule has 0 fully saturated rings. The first kappa shape index (κ1) is 35.6. The highest BCUT2D eigenvalue weighted by Gasteiger charge is 2.22. The van der Waals surface area contributed by atoms with Crippen LogP contribution in [0.2, 0.25) is 0 Å². The highest BCUT2D eigenvalue weighted by molar-refractivity contribution is 7.26. The van der Waals surface area contributed by atoms with Crippen molar-refractivity contribution in [2.75, 3.05) is 4.90 Å². The van der Waals surface area contributed by atoms with Gasteiger partial charge in [-0.2, -0.15) is 0 Å². The monoisotopic (exact) mass is 811 g/mol. The molecule has 3 heteroatoms. The van der Waals surface area contributed by atoms with E-state index in [1.54, 1.807) is 0 Å². The van der Waals surface area contributed by atoms with E-state index in [0.717, 1.165) is 11.4 Å². The molecule has 10 aromatic carbocycles. The smallest absolute Gasteiger partial charge is 0.0555 e. The molecule has 2 aromatic heterocycles. The van der Waals surface area contributed by atoms with E-state index in [2.05, 4.69) is 229 Å². The minimum atomic E-state index is 1.12.